The van der Waals surface area contributed by atoms with Gasteiger partial charge in [0, 0.05) is 24.7 Å². The second-order valence-corrected chi connectivity index (χ2v) is 5.51. The fourth-order valence-corrected chi connectivity index (χ4v) is 2.97. The molecule has 0 aliphatic carbocycles. The first-order chi connectivity index (χ1) is 8.99. The quantitative estimate of drug-likeness (QED) is 0.849. The Morgan fingerprint density at radius 1 is 1.21 bits per heavy atom. The van der Waals surface area contributed by atoms with Crippen LogP contribution >= 0.6 is 0 Å². The molecule has 0 saturated carbocycles. The van der Waals surface area contributed by atoms with Crippen LogP contribution in [0.15, 0.2) is 18.3 Å². The van der Waals surface area contributed by atoms with Crippen LogP contribution in [0.4, 0.5) is 19.0 Å². The maximum atomic E-state index is 12.6. The highest BCUT2D eigenvalue weighted by atomic mass is 19.4. The molecule has 0 bridgehead atoms. The standard InChI is InChI=1S/C13H16F3N3/c14-13(15,16)10-1-4-18-11(7-10)19-8-12(9-19)2-5-17-6-3-12/h1,4,7,17H,2-3,5-6,8-9H2. The van der Waals surface area contributed by atoms with Crippen molar-refractivity contribution in [2.75, 3.05) is 31.1 Å². The van der Waals surface area contributed by atoms with Gasteiger partial charge in [0.05, 0.1) is 5.56 Å². The number of halogens is 3. The van der Waals surface area contributed by atoms with E-state index in [1.165, 1.54) is 6.20 Å². The molecule has 0 atom stereocenters. The summed E-state index contributed by atoms with van der Waals surface area (Å²) in [5, 5.41) is 3.31. The SMILES string of the molecule is FC(F)(F)c1ccnc(N2CC3(CCNCC3)C2)c1. The summed E-state index contributed by atoms with van der Waals surface area (Å²) in [7, 11) is 0. The van der Waals surface area contributed by atoms with Gasteiger partial charge < -0.3 is 10.2 Å². The Morgan fingerprint density at radius 3 is 2.53 bits per heavy atom. The Balaban J connectivity index is 1.71. The van der Waals surface area contributed by atoms with E-state index in [0.717, 1.165) is 51.2 Å². The van der Waals surface area contributed by atoms with Gasteiger partial charge in [-0.2, -0.15) is 13.2 Å². The summed E-state index contributed by atoms with van der Waals surface area (Å²) in [6.07, 6.45) is -0.856. The van der Waals surface area contributed by atoms with E-state index in [2.05, 4.69) is 10.3 Å². The minimum absolute atomic E-state index is 0.293. The van der Waals surface area contributed by atoms with Crippen LogP contribution in [0.3, 0.4) is 0 Å². The number of rotatable bonds is 1. The van der Waals surface area contributed by atoms with Gasteiger partial charge in [0.1, 0.15) is 5.82 Å². The summed E-state index contributed by atoms with van der Waals surface area (Å²) < 4.78 is 37.9. The zero-order valence-corrected chi connectivity index (χ0v) is 10.5. The molecule has 1 aromatic rings. The average molecular weight is 271 g/mol. The Hall–Kier alpha value is -1.30. The van der Waals surface area contributed by atoms with Gasteiger partial charge in [-0.1, -0.05) is 0 Å². The molecule has 2 aliphatic rings. The summed E-state index contributed by atoms with van der Waals surface area (Å²) in [5.74, 6) is 0.444. The Morgan fingerprint density at radius 2 is 1.89 bits per heavy atom. The molecule has 2 fully saturated rings. The number of nitrogens with one attached hydrogen (secondary N) is 1. The number of piperidine rings is 1. The van der Waals surface area contributed by atoms with Crippen LogP contribution in [-0.2, 0) is 6.18 Å². The van der Waals surface area contributed by atoms with Crippen LogP contribution in [0.5, 0.6) is 0 Å². The molecule has 2 aliphatic heterocycles. The lowest BCUT2D eigenvalue weighted by Gasteiger charge is -2.53. The molecule has 0 unspecified atom stereocenters. The summed E-state index contributed by atoms with van der Waals surface area (Å²) in [6.45, 7) is 3.65. The Bertz CT molecular complexity index is 458. The number of anilines is 1. The van der Waals surface area contributed by atoms with Gasteiger partial charge in [-0.25, -0.2) is 4.98 Å². The van der Waals surface area contributed by atoms with E-state index in [-0.39, 0.29) is 0 Å². The molecule has 3 heterocycles. The predicted molar refractivity (Wildman–Crippen MR) is 66.0 cm³/mol. The smallest absolute Gasteiger partial charge is 0.355 e. The van der Waals surface area contributed by atoms with Crippen molar-refractivity contribution in [3.05, 3.63) is 23.9 Å². The second-order valence-electron chi connectivity index (χ2n) is 5.51. The fraction of sp³-hybridized carbons (Fsp3) is 0.615. The maximum Gasteiger partial charge on any atom is 0.416 e. The third-order valence-corrected chi connectivity index (χ3v) is 4.11. The first-order valence-corrected chi connectivity index (χ1v) is 6.48. The Labute approximate surface area is 109 Å². The van der Waals surface area contributed by atoms with Gasteiger partial charge in [0.15, 0.2) is 0 Å². The monoisotopic (exact) mass is 271 g/mol. The Kier molecular flexibility index (Phi) is 2.92. The number of hydrogen-bond donors (Lipinski definition) is 1. The summed E-state index contributed by atoms with van der Waals surface area (Å²) >= 11 is 0. The molecule has 6 heteroatoms. The molecule has 2 saturated heterocycles. The van der Waals surface area contributed by atoms with Gasteiger partial charge in [-0.15, -0.1) is 0 Å². The van der Waals surface area contributed by atoms with E-state index in [0.29, 0.717) is 11.2 Å². The van der Waals surface area contributed by atoms with Crippen molar-refractivity contribution in [3.63, 3.8) is 0 Å². The molecule has 104 valence electrons. The molecule has 0 aromatic carbocycles. The third kappa shape index (κ3) is 2.41. The summed E-state index contributed by atoms with van der Waals surface area (Å²) in [5.41, 5.74) is -0.329. The largest absolute Gasteiger partial charge is 0.416 e. The summed E-state index contributed by atoms with van der Waals surface area (Å²) in [6, 6.07) is 2.16. The number of pyridine rings is 1. The molecular weight excluding hydrogens is 255 g/mol. The van der Waals surface area contributed by atoms with E-state index in [1.54, 1.807) is 0 Å². The first-order valence-electron chi connectivity index (χ1n) is 6.48. The normalized spacial score (nSPS) is 22.4. The van der Waals surface area contributed by atoms with Crippen molar-refractivity contribution in [3.8, 4) is 0 Å². The van der Waals surface area contributed by atoms with Gasteiger partial charge in [0.2, 0.25) is 0 Å². The molecular formula is C13H16F3N3. The topological polar surface area (TPSA) is 28.2 Å². The maximum absolute atomic E-state index is 12.6. The fourth-order valence-electron chi connectivity index (χ4n) is 2.97. The van der Waals surface area contributed by atoms with Crippen molar-refractivity contribution in [1.82, 2.24) is 10.3 Å². The van der Waals surface area contributed by atoms with E-state index in [9.17, 15) is 13.2 Å². The van der Waals surface area contributed by atoms with Crippen LogP contribution in [0, 0.1) is 5.41 Å². The minimum Gasteiger partial charge on any atom is -0.355 e. The van der Waals surface area contributed by atoms with E-state index in [4.69, 9.17) is 0 Å². The first kappa shape index (κ1) is 12.7. The van der Waals surface area contributed by atoms with Gasteiger partial charge >= 0.3 is 6.18 Å². The van der Waals surface area contributed by atoms with Gasteiger partial charge in [-0.05, 0) is 38.1 Å². The molecule has 0 amide bonds. The highest BCUT2D eigenvalue weighted by Crippen LogP contribution is 2.41. The van der Waals surface area contributed by atoms with Crippen molar-refractivity contribution in [2.24, 2.45) is 5.41 Å². The number of alkyl halides is 3. The highest BCUT2D eigenvalue weighted by Gasteiger charge is 2.44. The third-order valence-electron chi connectivity index (χ3n) is 4.11. The van der Waals surface area contributed by atoms with Crippen LogP contribution in [0.1, 0.15) is 18.4 Å². The van der Waals surface area contributed by atoms with Gasteiger partial charge in [0.25, 0.3) is 0 Å². The minimum atomic E-state index is -4.30. The lowest BCUT2D eigenvalue weighted by atomic mass is 9.72. The molecule has 19 heavy (non-hydrogen) atoms. The van der Waals surface area contributed by atoms with Crippen molar-refractivity contribution in [1.29, 1.82) is 0 Å². The summed E-state index contributed by atoms with van der Waals surface area (Å²) in [4.78, 5) is 6.01. The predicted octanol–water partition coefficient (Wildman–Crippen LogP) is 2.29. The number of nitrogens with zero attached hydrogens (tertiary/aromatic N) is 2. The van der Waals surface area contributed by atoms with Crippen molar-refractivity contribution >= 4 is 5.82 Å². The van der Waals surface area contributed by atoms with Crippen molar-refractivity contribution < 1.29 is 13.2 Å². The van der Waals surface area contributed by atoms with Crippen LogP contribution < -0.4 is 10.2 Å². The van der Waals surface area contributed by atoms with E-state index < -0.39 is 11.7 Å². The zero-order valence-electron chi connectivity index (χ0n) is 10.5. The van der Waals surface area contributed by atoms with E-state index in [1.807, 2.05) is 4.90 Å². The molecule has 3 nitrogen and oxygen atoms in total. The second kappa shape index (κ2) is 4.37. The average Bonchev–Trinajstić information content (AvgIpc) is 2.36. The highest BCUT2D eigenvalue weighted by molar-refractivity contribution is 5.45. The zero-order chi connectivity index (χ0) is 13.5. The number of aromatic nitrogens is 1. The van der Waals surface area contributed by atoms with Crippen LogP contribution in [-0.4, -0.2) is 31.2 Å². The number of hydrogen-bond acceptors (Lipinski definition) is 3. The molecule has 0 radical (unpaired) electrons. The molecule has 1 aromatic heterocycles. The lowest BCUT2D eigenvalue weighted by Crippen LogP contribution is -2.60. The molecule has 3 rings (SSSR count). The lowest BCUT2D eigenvalue weighted by molar-refractivity contribution is -0.137. The van der Waals surface area contributed by atoms with Crippen molar-refractivity contribution in [2.45, 2.75) is 19.0 Å². The molecule has 1 N–H and O–H groups in total. The molecule has 1 spiro atoms. The van der Waals surface area contributed by atoms with Crippen LogP contribution in [0.25, 0.3) is 0 Å². The van der Waals surface area contributed by atoms with E-state index >= 15 is 0 Å². The van der Waals surface area contributed by atoms with Gasteiger partial charge in [-0.3, -0.25) is 0 Å². The van der Waals surface area contributed by atoms with Crippen LogP contribution in [0.2, 0.25) is 0 Å².